The quantitative estimate of drug-likeness (QED) is 0.154. The lowest BCUT2D eigenvalue weighted by molar-refractivity contribution is -0.138. The molecule has 0 spiro atoms. The molecule has 0 fully saturated rings. The maximum absolute atomic E-state index is 10.1. The Bertz CT molecular complexity index is 398. The molecule has 13 heteroatoms. The summed E-state index contributed by atoms with van der Waals surface area (Å²) in [5, 5.41) is 31.5. The van der Waals surface area contributed by atoms with Crippen molar-refractivity contribution in [1.82, 2.24) is 0 Å². The van der Waals surface area contributed by atoms with Crippen molar-refractivity contribution in [3.05, 3.63) is 0 Å². The van der Waals surface area contributed by atoms with Gasteiger partial charge in [0.1, 0.15) is 10.5 Å². The van der Waals surface area contributed by atoms with Crippen LogP contribution in [0.5, 0.6) is 0 Å². The largest absolute Gasteiger partial charge is 0.481 e. The standard InChI is InChI=1S/C8H14O4S.2C3H6O2S2/c9-7(10)3-1-5-13-6-2-4-8(11)12;2*4-3(5)2(7)1-6/h1-6H2,(H,9,10)(H,11,12);2*2,6-7H,1H2,(H,4,5). The van der Waals surface area contributed by atoms with Crippen LogP contribution < -0.4 is 0 Å². The van der Waals surface area contributed by atoms with Crippen LogP contribution >= 0.6 is 62.3 Å². The van der Waals surface area contributed by atoms with Gasteiger partial charge in [-0.25, -0.2) is 0 Å². The first-order chi connectivity index (χ1) is 12.5. The zero-order valence-corrected chi connectivity index (χ0v) is 18.8. The topological polar surface area (TPSA) is 149 Å². The van der Waals surface area contributed by atoms with Crippen LogP contribution in [0.15, 0.2) is 0 Å². The first-order valence-electron chi connectivity index (χ1n) is 7.54. The number of thiol groups is 4. The molecule has 0 heterocycles. The van der Waals surface area contributed by atoms with Crippen LogP contribution in [0.4, 0.5) is 0 Å². The molecule has 0 rings (SSSR count). The molecule has 2 atom stereocenters. The van der Waals surface area contributed by atoms with E-state index in [0.717, 1.165) is 11.5 Å². The average Bonchev–Trinajstić information content (AvgIpc) is 2.59. The Kier molecular flexibility index (Phi) is 25.4. The second kappa shape index (κ2) is 21.9. The predicted octanol–water partition coefficient (Wildman–Crippen LogP) is 2.05. The van der Waals surface area contributed by atoms with Crippen molar-refractivity contribution in [3.8, 4) is 0 Å². The second-order valence-electron chi connectivity index (χ2n) is 4.68. The van der Waals surface area contributed by atoms with Gasteiger partial charge in [0, 0.05) is 24.3 Å². The molecular weight excluding hydrogens is 456 g/mol. The predicted molar refractivity (Wildman–Crippen MR) is 120 cm³/mol. The number of carbonyl (C=O) groups is 4. The summed E-state index contributed by atoms with van der Waals surface area (Å²) in [6, 6.07) is 0. The third-order valence-corrected chi connectivity index (χ3v) is 5.54. The van der Waals surface area contributed by atoms with Gasteiger partial charge >= 0.3 is 23.9 Å². The zero-order valence-electron chi connectivity index (χ0n) is 14.4. The Labute approximate surface area is 184 Å². The van der Waals surface area contributed by atoms with Crippen molar-refractivity contribution in [2.75, 3.05) is 23.0 Å². The van der Waals surface area contributed by atoms with E-state index in [9.17, 15) is 19.2 Å². The van der Waals surface area contributed by atoms with Gasteiger partial charge < -0.3 is 20.4 Å². The Hall–Kier alpha value is -0.370. The van der Waals surface area contributed by atoms with Gasteiger partial charge in [0.25, 0.3) is 0 Å². The number of hydrogen-bond acceptors (Lipinski definition) is 9. The maximum atomic E-state index is 10.1. The zero-order chi connectivity index (χ0) is 21.8. The highest BCUT2D eigenvalue weighted by atomic mass is 32.2. The SMILES string of the molecule is O=C(O)C(S)CS.O=C(O)C(S)CS.O=C(O)CCCSCCCC(=O)O. The molecule has 8 nitrogen and oxygen atoms in total. The van der Waals surface area contributed by atoms with E-state index in [0.29, 0.717) is 12.8 Å². The molecule has 0 aliphatic carbocycles. The van der Waals surface area contributed by atoms with Crippen LogP contribution in [0, 0.1) is 0 Å². The van der Waals surface area contributed by atoms with Gasteiger partial charge in [-0.05, 0) is 24.3 Å². The Balaban J connectivity index is -0.000000350. The van der Waals surface area contributed by atoms with Crippen LogP contribution in [-0.4, -0.2) is 77.8 Å². The highest BCUT2D eigenvalue weighted by Gasteiger charge is 2.07. The van der Waals surface area contributed by atoms with E-state index in [1.165, 1.54) is 0 Å². The number of rotatable bonds is 12. The summed E-state index contributed by atoms with van der Waals surface area (Å²) in [5.41, 5.74) is 0. The highest BCUT2D eigenvalue weighted by Crippen LogP contribution is 2.07. The number of thioether (sulfide) groups is 1. The third-order valence-electron chi connectivity index (χ3n) is 2.27. The fourth-order valence-electron chi connectivity index (χ4n) is 0.909. The van der Waals surface area contributed by atoms with Gasteiger partial charge in [-0.3, -0.25) is 19.2 Å². The van der Waals surface area contributed by atoms with E-state index in [1.54, 1.807) is 11.8 Å². The molecular formula is C14H26O8S5. The first-order valence-corrected chi connectivity index (χ1v) is 11.0. The third kappa shape index (κ3) is 30.6. The molecule has 0 aromatic carbocycles. The lowest BCUT2D eigenvalue weighted by atomic mass is 10.3. The van der Waals surface area contributed by atoms with Crippen molar-refractivity contribution < 1.29 is 39.6 Å². The van der Waals surface area contributed by atoms with E-state index in [1.807, 2.05) is 0 Å². The monoisotopic (exact) mass is 482 g/mol. The van der Waals surface area contributed by atoms with Crippen molar-refractivity contribution >= 4 is 86.2 Å². The van der Waals surface area contributed by atoms with Crippen LogP contribution in [0.2, 0.25) is 0 Å². The van der Waals surface area contributed by atoms with E-state index < -0.39 is 34.4 Å². The summed E-state index contributed by atoms with van der Waals surface area (Å²) < 4.78 is 0. The van der Waals surface area contributed by atoms with Gasteiger partial charge in [-0.1, -0.05) is 0 Å². The van der Waals surface area contributed by atoms with Gasteiger partial charge in [-0.15, -0.1) is 0 Å². The lowest BCUT2D eigenvalue weighted by Gasteiger charge is -1.98. The highest BCUT2D eigenvalue weighted by molar-refractivity contribution is 7.99. The molecule has 0 saturated carbocycles. The minimum absolute atomic E-state index is 0.200. The average molecular weight is 483 g/mol. The van der Waals surface area contributed by atoms with Crippen molar-refractivity contribution in [2.24, 2.45) is 0 Å². The normalized spacial score (nSPS) is 11.7. The summed E-state index contributed by atoms with van der Waals surface area (Å²) in [6.07, 6.45) is 1.72. The van der Waals surface area contributed by atoms with Crippen molar-refractivity contribution in [3.63, 3.8) is 0 Å². The summed E-state index contributed by atoms with van der Waals surface area (Å²) in [4.78, 5) is 39.8. The molecule has 2 unspecified atom stereocenters. The number of aliphatic carboxylic acids is 4. The minimum Gasteiger partial charge on any atom is -0.481 e. The van der Waals surface area contributed by atoms with Crippen molar-refractivity contribution in [2.45, 2.75) is 36.2 Å². The number of carboxylic acids is 4. The first kappa shape index (κ1) is 31.3. The van der Waals surface area contributed by atoms with E-state index in [2.05, 4.69) is 50.5 Å². The Morgan fingerprint density at radius 2 is 1.00 bits per heavy atom. The fraction of sp³-hybridized carbons (Fsp3) is 0.714. The van der Waals surface area contributed by atoms with Crippen LogP contribution in [0.25, 0.3) is 0 Å². The molecule has 4 N–H and O–H groups in total. The molecule has 0 amide bonds. The smallest absolute Gasteiger partial charge is 0.317 e. The van der Waals surface area contributed by atoms with E-state index in [4.69, 9.17) is 20.4 Å². The van der Waals surface area contributed by atoms with Crippen LogP contribution in [0.1, 0.15) is 25.7 Å². The fourth-order valence-corrected chi connectivity index (χ4v) is 2.12. The molecule has 0 aromatic heterocycles. The van der Waals surface area contributed by atoms with Crippen LogP contribution in [-0.2, 0) is 19.2 Å². The Morgan fingerprint density at radius 1 is 0.704 bits per heavy atom. The molecule has 160 valence electrons. The number of carboxylic acid groups (broad SMARTS) is 4. The van der Waals surface area contributed by atoms with Crippen molar-refractivity contribution in [1.29, 1.82) is 0 Å². The molecule has 0 aliphatic rings. The molecule has 0 aliphatic heterocycles. The summed E-state index contributed by atoms with van der Waals surface area (Å²) in [7, 11) is 0. The molecule has 27 heavy (non-hydrogen) atoms. The summed E-state index contributed by atoms with van der Waals surface area (Å²) >= 11 is 16.3. The minimum atomic E-state index is -0.918. The molecule has 0 bridgehead atoms. The molecule has 0 radical (unpaired) electrons. The summed E-state index contributed by atoms with van der Waals surface area (Å²) in [6.45, 7) is 0. The van der Waals surface area contributed by atoms with Gasteiger partial charge in [-0.2, -0.15) is 62.3 Å². The van der Waals surface area contributed by atoms with Gasteiger partial charge in [0.05, 0.1) is 0 Å². The maximum Gasteiger partial charge on any atom is 0.317 e. The van der Waals surface area contributed by atoms with Crippen LogP contribution in [0.3, 0.4) is 0 Å². The molecule has 0 saturated heterocycles. The Morgan fingerprint density at radius 3 is 1.15 bits per heavy atom. The second-order valence-corrected chi connectivity index (χ2v) is 7.88. The van der Waals surface area contributed by atoms with E-state index in [-0.39, 0.29) is 24.3 Å². The molecule has 0 aromatic rings. The number of hydrogen-bond donors (Lipinski definition) is 8. The lowest BCUT2D eigenvalue weighted by Crippen LogP contribution is -2.14. The van der Waals surface area contributed by atoms with Gasteiger partial charge in [0.15, 0.2) is 0 Å². The van der Waals surface area contributed by atoms with Gasteiger partial charge in [0.2, 0.25) is 0 Å². The van der Waals surface area contributed by atoms with E-state index >= 15 is 0 Å². The summed E-state index contributed by atoms with van der Waals surface area (Å²) in [5.74, 6) is -1.23.